The summed E-state index contributed by atoms with van der Waals surface area (Å²) in [7, 11) is 1.65. The van der Waals surface area contributed by atoms with E-state index in [2.05, 4.69) is 0 Å². The van der Waals surface area contributed by atoms with Crippen LogP contribution in [-0.2, 0) is 4.74 Å². The summed E-state index contributed by atoms with van der Waals surface area (Å²) in [6.07, 6.45) is 3.98. The number of carbonyl (C=O) groups is 1. The summed E-state index contributed by atoms with van der Waals surface area (Å²) in [6.45, 7) is 4.11. The monoisotopic (exact) mass is 372 g/mol. The van der Waals surface area contributed by atoms with Crippen molar-refractivity contribution in [2.75, 3.05) is 13.7 Å². The number of hydrogen-bond acceptors (Lipinski definition) is 3. The summed E-state index contributed by atoms with van der Waals surface area (Å²) in [5, 5.41) is 0. The van der Waals surface area contributed by atoms with Crippen molar-refractivity contribution in [2.45, 2.75) is 13.8 Å². The van der Waals surface area contributed by atoms with E-state index in [-0.39, 0.29) is 5.97 Å². The van der Waals surface area contributed by atoms with Gasteiger partial charge in [-0.1, -0.05) is 60.7 Å². The van der Waals surface area contributed by atoms with Crippen LogP contribution in [0.2, 0.25) is 0 Å². The van der Waals surface area contributed by atoms with Crippen LogP contribution in [0.1, 0.15) is 34.0 Å². The molecule has 0 heterocycles. The van der Waals surface area contributed by atoms with Crippen molar-refractivity contribution in [1.82, 2.24) is 0 Å². The summed E-state index contributed by atoms with van der Waals surface area (Å²) in [5.41, 5.74) is 5.51. The second-order valence-electron chi connectivity index (χ2n) is 6.45. The van der Waals surface area contributed by atoms with E-state index in [0.717, 1.165) is 33.6 Å². The van der Waals surface area contributed by atoms with E-state index in [4.69, 9.17) is 9.47 Å². The van der Waals surface area contributed by atoms with Crippen LogP contribution >= 0.6 is 0 Å². The molecule has 0 radical (unpaired) electrons. The Morgan fingerprint density at radius 2 is 1.64 bits per heavy atom. The Morgan fingerprint density at radius 1 is 0.929 bits per heavy atom. The van der Waals surface area contributed by atoms with Crippen LogP contribution < -0.4 is 4.74 Å². The summed E-state index contributed by atoms with van der Waals surface area (Å²) in [4.78, 5) is 12.6. The third-order valence-corrected chi connectivity index (χ3v) is 4.52. The molecule has 0 aliphatic carbocycles. The number of ether oxygens (including phenoxy) is 2. The minimum Gasteiger partial charge on any atom is -0.497 e. The van der Waals surface area contributed by atoms with Crippen LogP contribution in [-0.4, -0.2) is 19.7 Å². The third-order valence-electron chi connectivity index (χ3n) is 4.52. The highest BCUT2D eigenvalue weighted by Crippen LogP contribution is 2.29. The molecule has 0 saturated carbocycles. The predicted octanol–water partition coefficient (Wildman–Crippen LogP) is 6.02. The van der Waals surface area contributed by atoms with Crippen LogP contribution in [0.4, 0.5) is 0 Å². The molecule has 0 N–H and O–H groups in total. The lowest BCUT2D eigenvalue weighted by Crippen LogP contribution is -2.09. The molecule has 0 aliphatic rings. The number of hydrogen-bond donors (Lipinski definition) is 0. The molecule has 3 heteroatoms. The topological polar surface area (TPSA) is 35.5 Å². The Kier molecular flexibility index (Phi) is 6.28. The molecule has 0 aliphatic heterocycles. The standard InChI is InChI=1S/C25H24O3/c1-4-28-25(26)24-18(2)16-22(20-12-14-23(27-3)15-13-20)17-21(24)11-10-19-8-6-5-7-9-19/h5-17H,4H2,1-3H3/b11-10+. The molecule has 0 spiro atoms. The fraction of sp³-hybridized carbons (Fsp3) is 0.160. The minimum atomic E-state index is -0.297. The van der Waals surface area contributed by atoms with Crippen molar-refractivity contribution in [1.29, 1.82) is 0 Å². The van der Waals surface area contributed by atoms with E-state index in [1.165, 1.54) is 0 Å². The number of methoxy groups -OCH3 is 1. The lowest BCUT2D eigenvalue weighted by molar-refractivity contribution is 0.0525. The van der Waals surface area contributed by atoms with Crippen molar-refractivity contribution in [3.05, 3.63) is 89.0 Å². The van der Waals surface area contributed by atoms with Crippen LogP contribution in [0.15, 0.2) is 66.7 Å². The zero-order valence-corrected chi connectivity index (χ0v) is 16.4. The van der Waals surface area contributed by atoms with E-state index in [1.54, 1.807) is 7.11 Å². The first-order chi connectivity index (χ1) is 13.6. The van der Waals surface area contributed by atoms with Gasteiger partial charge in [-0.25, -0.2) is 4.79 Å². The van der Waals surface area contributed by atoms with Crippen LogP contribution in [0, 0.1) is 6.92 Å². The molecule has 0 atom stereocenters. The van der Waals surface area contributed by atoms with Gasteiger partial charge in [-0.05, 0) is 59.9 Å². The zero-order valence-electron chi connectivity index (χ0n) is 16.4. The summed E-state index contributed by atoms with van der Waals surface area (Å²) >= 11 is 0. The molecule has 0 bridgehead atoms. The first kappa shape index (κ1) is 19.4. The van der Waals surface area contributed by atoms with Crippen molar-refractivity contribution < 1.29 is 14.3 Å². The van der Waals surface area contributed by atoms with E-state index in [1.807, 2.05) is 92.7 Å². The molecule has 3 rings (SSSR count). The maximum Gasteiger partial charge on any atom is 0.338 e. The van der Waals surface area contributed by atoms with Crippen molar-refractivity contribution in [2.24, 2.45) is 0 Å². The van der Waals surface area contributed by atoms with E-state index in [9.17, 15) is 4.79 Å². The highest BCUT2D eigenvalue weighted by molar-refractivity contribution is 5.97. The molecule has 28 heavy (non-hydrogen) atoms. The van der Waals surface area contributed by atoms with Gasteiger partial charge in [0.05, 0.1) is 19.3 Å². The minimum absolute atomic E-state index is 0.297. The molecule has 0 aromatic heterocycles. The van der Waals surface area contributed by atoms with Gasteiger partial charge in [-0.2, -0.15) is 0 Å². The normalized spacial score (nSPS) is 10.8. The first-order valence-corrected chi connectivity index (χ1v) is 9.31. The fourth-order valence-electron chi connectivity index (χ4n) is 3.13. The molecule has 0 unspecified atom stereocenters. The maximum absolute atomic E-state index is 12.6. The third kappa shape index (κ3) is 4.49. The molecule has 3 aromatic carbocycles. The molecule has 0 amide bonds. The van der Waals surface area contributed by atoms with Gasteiger partial charge in [0.1, 0.15) is 5.75 Å². The molecule has 3 nitrogen and oxygen atoms in total. The number of rotatable bonds is 6. The number of esters is 1. The second kappa shape index (κ2) is 9.05. The van der Waals surface area contributed by atoms with Crippen LogP contribution in [0.3, 0.4) is 0 Å². The van der Waals surface area contributed by atoms with E-state index >= 15 is 0 Å². The summed E-state index contributed by atoms with van der Waals surface area (Å²) in [6, 6.07) is 22.0. The van der Waals surface area contributed by atoms with Gasteiger partial charge in [0.15, 0.2) is 0 Å². The van der Waals surface area contributed by atoms with Gasteiger partial charge in [-0.3, -0.25) is 0 Å². The first-order valence-electron chi connectivity index (χ1n) is 9.31. The number of aryl methyl sites for hydroxylation is 1. The quantitative estimate of drug-likeness (QED) is 0.392. The highest BCUT2D eigenvalue weighted by atomic mass is 16.5. The average molecular weight is 372 g/mol. The Morgan fingerprint density at radius 3 is 2.29 bits per heavy atom. The van der Waals surface area contributed by atoms with Gasteiger partial charge in [-0.15, -0.1) is 0 Å². The number of benzene rings is 3. The highest BCUT2D eigenvalue weighted by Gasteiger charge is 2.16. The van der Waals surface area contributed by atoms with Crippen molar-refractivity contribution >= 4 is 18.1 Å². The average Bonchev–Trinajstić information content (AvgIpc) is 2.72. The second-order valence-corrected chi connectivity index (χ2v) is 6.45. The SMILES string of the molecule is CCOC(=O)c1c(C)cc(-c2ccc(OC)cc2)cc1/C=C/c1ccccc1. The van der Waals surface area contributed by atoms with Gasteiger partial charge < -0.3 is 9.47 Å². The summed E-state index contributed by atoms with van der Waals surface area (Å²) in [5.74, 6) is 0.516. The molecule has 3 aromatic rings. The van der Waals surface area contributed by atoms with Gasteiger partial charge in [0.2, 0.25) is 0 Å². The van der Waals surface area contributed by atoms with E-state index in [0.29, 0.717) is 12.2 Å². The molecular formula is C25H24O3. The van der Waals surface area contributed by atoms with Gasteiger partial charge in [0.25, 0.3) is 0 Å². The molecular weight excluding hydrogens is 348 g/mol. The summed E-state index contributed by atoms with van der Waals surface area (Å²) < 4.78 is 10.5. The maximum atomic E-state index is 12.6. The predicted molar refractivity (Wildman–Crippen MR) is 114 cm³/mol. The lowest BCUT2D eigenvalue weighted by Gasteiger charge is -2.13. The Labute approximate surface area is 166 Å². The lowest BCUT2D eigenvalue weighted by atomic mass is 9.94. The Bertz CT molecular complexity index is 971. The van der Waals surface area contributed by atoms with Crippen molar-refractivity contribution in [3.63, 3.8) is 0 Å². The smallest absolute Gasteiger partial charge is 0.338 e. The molecule has 142 valence electrons. The number of carbonyl (C=O) groups excluding carboxylic acids is 1. The largest absolute Gasteiger partial charge is 0.497 e. The van der Waals surface area contributed by atoms with Crippen LogP contribution in [0.5, 0.6) is 5.75 Å². The van der Waals surface area contributed by atoms with Gasteiger partial charge in [0, 0.05) is 0 Å². The van der Waals surface area contributed by atoms with Gasteiger partial charge >= 0.3 is 5.97 Å². The molecule has 0 fully saturated rings. The fourth-order valence-corrected chi connectivity index (χ4v) is 3.13. The van der Waals surface area contributed by atoms with E-state index < -0.39 is 0 Å². The Balaban J connectivity index is 2.07. The Hall–Kier alpha value is -3.33. The molecule has 0 saturated heterocycles. The van der Waals surface area contributed by atoms with Crippen LogP contribution in [0.25, 0.3) is 23.3 Å². The zero-order chi connectivity index (χ0) is 19.9. The van der Waals surface area contributed by atoms with Crippen molar-refractivity contribution in [3.8, 4) is 16.9 Å².